The zero-order valence-corrected chi connectivity index (χ0v) is 20.0. The van der Waals surface area contributed by atoms with E-state index in [0.29, 0.717) is 17.1 Å². The first-order valence-electron chi connectivity index (χ1n) is 11.8. The lowest BCUT2D eigenvalue weighted by Gasteiger charge is -2.16. The molecule has 0 aliphatic rings. The van der Waals surface area contributed by atoms with E-state index in [1.165, 1.54) is 18.9 Å². The topological polar surface area (TPSA) is 96.6 Å². The number of carbonyl (C=O) groups is 2. The molecule has 0 radical (unpaired) electrons. The van der Waals surface area contributed by atoms with E-state index >= 15 is 0 Å². The van der Waals surface area contributed by atoms with Gasteiger partial charge in [-0.1, -0.05) is 50.5 Å². The molecule has 3 aromatic rings. The van der Waals surface area contributed by atoms with E-state index in [1.807, 2.05) is 6.92 Å². The number of hydrogen-bond acceptors (Lipinski definition) is 5. The average Bonchev–Trinajstić information content (AvgIpc) is 2.87. The van der Waals surface area contributed by atoms with E-state index in [9.17, 15) is 14.9 Å². The van der Waals surface area contributed by atoms with Gasteiger partial charge >= 0.3 is 11.9 Å². The number of carbonyl (C=O) groups excluding carboxylic acids is 1. The third-order valence-electron chi connectivity index (χ3n) is 5.66. The Hall–Kier alpha value is -4.11. The zero-order valence-electron chi connectivity index (χ0n) is 20.0. The normalized spacial score (nSPS) is 11.3. The van der Waals surface area contributed by atoms with E-state index in [2.05, 4.69) is 13.0 Å². The van der Waals surface area contributed by atoms with Crippen molar-refractivity contribution < 1.29 is 24.2 Å². The summed E-state index contributed by atoms with van der Waals surface area (Å²) in [6, 6.07) is 20.3. The van der Waals surface area contributed by atoms with Crippen molar-refractivity contribution in [2.45, 2.75) is 52.1 Å². The molecule has 3 rings (SSSR count). The van der Waals surface area contributed by atoms with Crippen molar-refractivity contribution in [3.05, 3.63) is 83.4 Å². The van der Waals surface area contributed by atoms with Gasteiger partial charge in [-0.3, -0.25) is 0 Å². The van der Waals surface area contributed by atoms with Crippen LogP contribution in [0.2, 0.25) is 0 Å². The highest BCUT2D eigenvalue weighted by molar-refractivity contribution is 5.92. The Morgan fingerprint density at radius 1 is 0.914 bits per heavy atom. The summed E-state index contributed by atoms with van der Waals surface area (Å²) in [4.78, 5) is 23.7. The number of unbranched alkanes of at least 4 members (excludes halogenated alkanes) is 3. The minimum Gasteiger partial charge on any atom is -0.489 e. The number of rotatable bonds is 11. The Morgan fingerprint density at radius 3 is 2.14 bits per heavy atom. The molecule has 0 heterocycles. The fraction of sp³-hybridized carbons (Fsp3) is 0.276. The van der Waals surface area contributed by atoms with Gasteiger partial charge in [-0.05, 0) is 73.4 Å². The summed E-state index contributed by atoms with van der Waals surface area (Å²) < 4.78 is 11.4. The van der Waals surface area contributed by atoms with Crippen LogP contribution in [0.1, 0.15) is 72.2 Å². The summed E-state index contributed by atoms with van der Waals surface area (Å²) in [5.74, 6) is -0.722. The van der Waals surface area contributed by atoms with E-state index in [0.717, 1.165) is 30.4 Å². The molecule has 0 aliphatic heterocycles. The second-order valence-corrected chi connectivity index (χ2v) is 8.40. The Morgan fingerprint density at radius 2 is 1.54 bits per heavy atom. The molecule has 1 N–H and O–H groups in total. The molecule has 0 bridgehead atoms. The molecule has 6 nitrogen and oxygen atoms in total. The molecular weight excluding hydrogens is 442 g/mol. The Kier molecular flexibility index (Phi) is 9.02. The highest BCUT2D eigenvalue weighted by Crippen LogP contribution is 2.25. The summed E-state index contributed by atoms with van der Waals surface area (Å²) in [6.45, 7) is 4.16. The van der Waals surface area contributed by atoms with Crippen LogP contribution in [0, 0.1) is 11.3 Å². The molecule has 0 spiro atoms. The second kappa shape index (κ2) is 12.4. The molecule has 0 saturated heterocycles. The third kappa shape index (κ3) is 7.18. The SMILES string of the molecule is CCCCCCC(C)Oc1ccc(C(=O)Oc2ccc(-c3ccc(C(=O)O)cc3)cc2)cc1C#N. The Bertz CT molecular complexity index is 1190. The summed E-state index contributed by atoms with van der Waals surface area (Å²) in [6.07, 6.45) is 5.52. The third-order valence-corrected chi connectivity index (χ3v) is 5.66. The van der Waals surface area contributed by atoms with E-state index in [1.54, 1.807) is 60.7 Å². The highest BCUT2D eigenvalue weighted by atomic mass is 16.5. The average molecular weight is 472 g/mol. The lowest BCUT2D eigenvalue weighted by atomic mass is 10.0. The van der Waals surface area contributed by atoms with Crippen molar-refractivity contribution in [1.82, 2.24) is 0 Å². The number of nitriles is 1. The van der Waals surface area contributed by atoms with Gasteiger partial charge in [-0.2, -0.15) is 5.26 Å². The van der Waals surface area contributed by atoms with Crippen molar-refractivity contribution in [3.63, 3.8) is 0 Å². The molecule has 35 heavy (non-hydrogen) atoms. The minimum absolute atomic E-state index is 0.0180. The first kappa shape index (κ1) is 25.5. The fourth-order valence-corrected chi connectivity index (χ4v) is 3.67. The summed E-state index contributed by atoms with van der Waals surface area (Å²) in [5.41, 5.74) is 2.48. The number of hydrogen-bond donors (Lipinski definition) is 1. The van der Waals surface area contributed by atoms with Gasteiger partial charge in [-0.15, -0.1) is 0 Å². The monoisotopic (exact) mass is 471 g/mol. The first-order chi connectivity index (χ1) is 16.9. The fourth-order valence-electron chi connectivity index (χ4n) is 3.67. The van der Waals surface area contributed by atoms with Gasteiger partial charge in [0.15, 0.2) is 0 Å². The largest absolute Gasteiger partial charge is 0.489 e. The van der Waals surface area contributed by atoms with Gasteiger partial charge in [0.25, 0.3) is 0 Å². The molecule has 0 aliphatic carbocycles. The molecule has 0 fully saturated rings. The van der Waals surface area contributed by atoms with Crippen molar-refractivity contribution in [1.29, 1.82) is 5.26 Å². The summed E-state index contributed by atoms with van der Waals surface area (Å²) in [7, 11) is 0. The van der Waals surface area contributed by atoms with Crippen molar-refractivity contribution in [2.24, 2.45) is 0 Å². The minimum atomic E-state index is -0.977. The maximum atomic E-state index is 12.6. The number of carboxylic acids is 1. The molecule has 0 aromatic heterocycles. The second-order valence-electron chi connectivity index (χ2n) is 8.40. The van der Waals surface area contributed by atoms with Crippen LogP contribution in [0.4, 0.5) is 0 Å². The van der Waals surface area contributed by atoms with E-state index in [-0.39, 0.29) is 17.2 Å². The van der Waals surface area contributed by atoms with Crippen LogP contribution in [-0.4, -0.2) is 23.1 Å². The molecule has 180 valence electrons. The van der Waals surface area contributed by atoms with Gasteiger partial charge in [-0.25, -0.2) is 9.59 Å². The van der Waals surface area contributed by atoms with Crippen LogP contribution < -0.4 is 9.47 Å². The van der Waals surface area contributed by atoms with Gasteiger partial charge in [0.1, 0.15) is 17.6 Å². The van der Waals surface area contributed by atoms with Gasteiger partial charge in [0.05, 0.1) is 22.8 Å². The Labute approximate surface area is 205 Å². The van der Waals surface area contributed by atoms with Crippen LogP contribution in [0.25, 0.3) is 11.1 Å². The quantitative estimate of drug-likeness (QED) is 0.186. The van der Waals surface area contributed by atoms with Crippen molar-refractivity contribution in [2.75, 3.05) is 0 Å². The predicted octanol–water partition coefficient (Wildman–Crippen LogP) is 6.88. The van der Waals surface area contributed by atoms with Gasteiger partial charge in [0, 0.05) is 0 Å². The summed E-state index contributed by atoms with van der Waals surface area (Å²) >= 11 is 0. The zero-order chi connectivity index (χ0) is 25.2. The van der Waals surface area contributed by atoms with E-state index in [4.69, 9.17) is 14.6 Å². The molecule has 3 aromatic carbocycles. The molecule has 1 atom stereocenters. The summed E-state index contributed by atoms with van der Waals surface area (Å²) in [5, 5.41) is 18.6. The number of nitrogens with zero attached hydrogens (tertiary/aromatic N) is 1. The standard InChI is InChI=1S/C29H29NO5/c1-3-4-5-6-7-20(2)34-27-17-14-24(18-25(27)19-30)29(33)35-26-15-12-22(13-16-26)21-8-10-23(11-9-21)28(31)32/h8-18,20H,3-7H2,1-2H3,(H,31,32). The van der Waals surface area contributed by atoms with Gasteiger partial charge < -0.3 is 14.6 Å². The molecule has 6 heteroatoms. The number of esters is 1. The smallest absolute Gasteiger partial charge is 0.343 e. The number of ether oxygens (including phenoxy) is 2. The maximum Gasteiger partial charge on any atom is 0.343 e. The Balaban J connectivity index is 1.63. The number of carboxylic acid groups (broad SMARTS) is 1. The molecule has 0 amide bonds. The maximum absolute atomic E-state index is 12.6. The van der Waals surface area contributed by atoms with Crippen LogP contribution in [-0.2, 0) is 0 Å². The first-order valence-corrected chi connectivity index (χ1v) is 11.8. The van der Waals surface area contributed by atoms with Crippen molar-refractivity contribution >= 4 is 11.9 Å². The number of benzene rings is 3. The molecule has 0 saturated carbocycles. The molecular formula is C29H29NO5. The van der Waals surface area contributed by atoms with Crippen LogP contribution in [0.15, 0.2) is 66.7 Å². The predicted molar refractivity (Wildman–Crippen MR) is 134 cm³/mol. The highest BCUT2D eigenvalue weighted by Gasteiger charge is 2.15. The molecule has 1 unspecified atom stereocenters. The van der Waals surface area contributed by atoms with E-state index < -0.39 is 11.9 Å². The van der Waals surface area contributed by atoms with Crippen molar-refractivity contribution in [3.8, 4) is 28.7 Å². The lowest BCUT2D eigenvalue weighted by molar-refractivity contribution is 0.0694. The number of aromatic carboxylic acids is 1. The van der Waals surface area contributed by atoms with Gasteiger partial charge in [0.2, 0.25) is 0 Å². The van der Waals surface area contributed by atoms with Crippen LogP contribution >= 0.6 is 0 Å². The van der Waals surface area contributed by atoms with Crippen LogP contribution in [0.5, 0.6) is 11.5 Å². The lowest BCUT2D eigenvalue weighted by Crippen LogP contribution is -2.13. The van der Waals surface area contributed by atoms with Crippen LogP contribution in [0.3, 0.4) is 0 Å².